The molecule has 1 saturated heterocycles. The van der Waals surface area contributed by atoms with Gasteiger partial charge in [0.25, 0.3) is 5.91 Å². The lowest BCUT2D eigenvalue weighted by Gasteiger charge is -2.36. The van der Waals surface area contributed by atoms with Crippen molar-refractivity contribution in [2.75, 3.05) is 30.3 Å². The molecule has 22 heavy (non-hydrogen) atoms. The van der Waals surface area contributed by atoms with Gasteiger partial charge in [0.05, 0.1) is 5.56 Å². The van der Waals surface area contributed by atoms with Gasteiger partial charge in [0.15, 0.2) is 0 Å². The summed E-state index contributed by atoms with van der Waals surface area (Å²) in [4.78, 5) is 18.8. The van der Waals surface area contributed by atoms with Gasteiger partial charge >= 0.3 is 0 Å². The van der Waals surface area contributed by atoms with Crippen molar-refractivity contribution >= 4 is 17.4 Å². The quantitative estimate of drug-likeness (QED) is 0.838. The average molecular weight is 294 g/mol. The Balaban J connectivity index is 1.74. The van der Waals surface area contributed by atoms with E-state index in [9.17, 15) is 4.79 Å². The van der Waals surface area contributed by atoms with E-state index in [2.05, 4.69) is 16.4 Å². The van der Waals surface area contributed by atoms with Crippen LogP contribution in [-0.4, -0.2) is 30.5 Å². The second-order valence-corrected chi connectivity index (χ2v) is 5.97. The second kappa shape index (κ2) is 5.10. The van der Waals surface area contributed by atoms with E-state index in [1.807, 2.05) is 23.1 Å². The van der Waals surface area contributed by atoms with Crippen molar-refractivity contribution in [1.82, 2.24) is 10.3 Å². The maximum absolute atomic E-state index is 12.9. The normalized spacial score (nSPS) is 23.0. The van der Waals surface area contributed by atoms with Gasteiger partial charge in [-0.15, -0.1) is 0 Å². The minimum Gasteiger partial charge on any atom is -0.384 e. The number of anilines is 2. The molecule has 112 valence electrons. The summed E-state index contributed by atoms with van der Waals surface area (Å²) in [6, 6.07) is 11.6. The van der Waals surface area contributed by atoms with Gasteiger partial charge in [0.2, 0.25) is 0 Å². The number of carbonyl (C=O) groups is 1. The van der Waals surface area contributed by atoms with E-state index in [4.69, 9.17) is 5.73 Å². The Morgan fingerprint density at radius 1 is 1.23 bits per heavy atom. The SMILES string of the molecule is Nc1ccc(C(=O)N2C[C@@H]3CNC[C@@H]3c3ccccc32)cn1. The van der Waals surface area contributed by atoms with Crippen molar-refractivity contribution in [2.45, 2.75) is 5.92 Å². The van der Waals surface area contributed by atoms with Gasteiger partial charge in [0, 0.05) is 37.4 Å². The summed E-state index contributed by atoms with van der Waals surface area (Å²) in [5.74, 6) is 1.39. The molecule has 1 aromatic heterocycles. The number of hydrogen-bond acceptors (Lipinski definition) is 4. The zero-order valence-corrected chi connectivity index (χ0v) is 12.2. The zero-order valence-electron chi connectivity index (χ0n) is 12.2. The predicted molar refractivity (Wildman–Crippen MR) is 85.9 cm³/mol. The molecule has 2 aliphatic heterocycles. The number of nitrogens with two attached hydrogens (primary N) is 1. The molecular weight excluding hydrogens is 276 g/mol. The summed E-state index contributed by atoms with van der Waals surface area (Å²) < 4.78 is 0. The number of rotatable bonds is 1. The first-order valence-corrected chi connectivity index (χ1v) is 7.57. The van der Waals surface area contributed by atoms with E-state index in [1.54, 1.807) is 18.3 Å². The number of nitrogen functional groups attached to an aromatic ring is 1. The van der Waals surface area contributed by atoms with Gasteiger partial charge in [-0.05, 0) is 29.7 Å². The van der Waals surface area contributed by atoms with E-state index in [0.29, 0.717) is 23.2 Å². The fourth-order valence-corrected chi connectivity index (χ4v) is 3.55. The summed E-state index contributed by atoms with van der Waals surface area (Å²) in [5.41, 5.74) is 8.47. The van der Waals surface area contributed by atoms with Crippen molar-refractivity contribution in [3.63, 3.8) is 0 Å². The fourth-order valence-electron chi connectivity index (χ4n) is 3.55. The van der Waals surface area contributed by atoms with E-state index >= 15 is 0 Å². The summed E-state index contributed by atoms with van der Waals surface area (Å²) in [7, 11) is 0. The van der Waals surface area contributed by atoms with Gasteiger partial charge in [-0.25, -0.2) is 4.98 Å². The molecule has 5 nitrogen and oxygen atoms in total. The number of benzene rings is 1. The summed E-state index contributed by atoms with van der Waals surface area (Å²) in [6.45, 7) is 2.70. The zero-order chi connectivity index (χ0) is 15.1. The third-order valence-electron chi connectivity index (χ3n) is 4.66. The Hall–Kier alpha value is -2.40. The number of carbonyl (C=O) groups excluding carboxylic acids is 1. The van der Waals surface area contributed by atoms with Crippen LogP contribution >= 0.6 is 0 Å². The summed E-state index contributed by atoms with van der Waals surface area (Å²) in [5, 5.41) is 3.45. The number of para-hydroxylation sites is 1. The minimum atomic E-state index is -0.00898. The molecule has 2 aliphatic rings. The van der Waals surface area contributed by atoms with Gasteiger partial charge in [-0.3, -0.25) is 4.79 Å². The smallest absolute Gasteiger partial charge is 0.259 e. The molecule has 2 atom stereocenters. The first kappa shape index (κ1) is 13.3. The van der Waals surface area contributed by atoms with Crippen LogP contribution in [0.4, 0.5) is 11.5 Å². The molecule has 2 aromatic rings. The van der Waals surface area contributed by atoms with E-state index in [1.165, 1.54) is 5.56 Å². The third-order valence-corrected chi connectivity index (χ3v) is 4.66. The number of hydrogen-bond donors (Lipinski definition) is 2. The van der Waals surface area contributed by atoms with Crippen molar-refractivity contribution in [3.8, 4) is 0 Å². The Kier molecular flexibility index (Phi) is 3.08. The van der Waals surface area contributed by atoms with Crippen molar-refractivity contribution in [1.29, 1.82) is 0 Å². The van der Waals surface area contributed by atoms with E-state index < -0.39 is 0 Å². The van der Waals surface area contributed by atoms with Gasteiger partial charge in [-0.2, -0.15) is 0 Å². The largest absolute Gasteiger partial charge is 0.384 e. The monoisotopic (exact) mass is 294 g/mol. The highest BCUT2D eigenvalue weighted by molar-refractivity contribution is 6.06. The fraction of sp³-hybridized carbons (Fsp3) is 0.294. The van der Waals surface area contributed by atoms with Gasteiger partial charge in [0.1, 0.15) is 5.82 Å². The van der Waals surface area contributed by atoms with Gasteiger partial charge < -0.3 is 16.0 Å². The molecule has 3 N–H and O–H groups in total. The lowest BCUT2D eigenvalue weighted by atomic mass is 9.83. The Bertz CT molecular complexity index is 713. The number of fused-ring (bicyclic) bond motifs is 3. The van der Waals surface area contributed by atoms with Crippen LogP contribution in [0.3, 0.4) is 0 Å². The van der Waals surface area contributed by atoms with Crippen LogP contribution < -0.4 is 16.0 Å². The van der Waals surface area contributed by atoms with Crippen molar-refractivity contribution in [2.24, 2.45) is 5.92 Å². The van der Waals surface area contributed by atoms with Crippen LogP contribution in [0.25, 0.3) is 0 Å². The first-order valence-electron chi connectivity index (χ1n) is 7.57. The number of pyridine rings is 1. The number of nitrogens with one attached hydrogen (secondary N) is 1. The van der Waals surface area contributed by atoms with Crippen LogP contribution in [0, 0.1) is 5.92 Å². The molecule has 0 bridgehead atoms. The molecule has 4 rings (SSSR count). The number of amides is 1. The second-order valence-electron chi connectivity index (χ2n) is 5.97. The molecule has 0 aliphatic carbocycles. The molecule has 0 radical (unpaired) electrons. The van der Waals surface area contributed by atoms with Crippen molar-refractivity contribution in [3.05, 3.63) is 53.7 Å². The average Bonchev–Trinajstić information content (AvgIpc) is 3.03. The Morgan fingerprint density at radius 3 is 2.91 bits per heavy atom. The van der Waals surface area contributed by atoms with Crippen molar-refractivity contribution < 1.29 is 4.79 Å². The molecule has 0 unspecified atom stereocenters. The number of aromatic nitrogens is 1. The summed E-state index contributed by atoms with van der Waals surface area (Å²) >= 11 is 0. The van der Waals surface area contributed by atoms with Crippen LogP contribution in [-0.2, 0) is 0 Å². The van der Waals surface area contributed by atoms with Crippen LogP contribution in [0.1, 0.15) is 21.8 Å². The molecule has 1 fully saturated rings. The first-order chi connectivity index (χ1) is 10.7. The maximum atomic E-state index is 12.9. The van der Waals surface area contributed by atoms with Crippen LogP contribution in [0.15, 0.2) is 42.6 Å². The number of nitrogens with zero attached hydrogens (tertiary/aromatic N) is 2. The molecule has 1 aromatic carbocycles. The van der Waals surface area contributed by atoms with Crippen LogP contribution in [0.2, 0.25) is 0 Å². The van der Waals surface area contributed by atoms with E-state index in [0.717, 1.165) is 25.3 Å². The molecule has 1 amide bonds. The lowest BCUT2D eigenvalue weighted by Crippen LogP contribution is -2.41. The Labute approximate surface area is 129 Å². The highest BCUT2D eigenvalue weighted by atomic mass is 16.2. The molecule has 3 heterocycles. The molecule has 5 heteroatoms. The standard InChI is InChI=1S/C17H18N4O/c18-16-6-5-11(8-20-16)17(22)21-10-12-7-19-9-14(12)13-3-1-2-4-15(13)21/h1-6,8,12,14,19H,7,9-10H2,(H2,18,20)/t12-,14-/m0/s1. The Morgan fingerprint density at radius 2 is 2.09 bits per heavy atom. The summed E-state index contributed by atoms with van der Waals surface area (Å²) in [6.07, 6.45) is 1.55. The molecular formula is C17H18N4O. The highest BCUT2D eigenvalue weighted by Crippen LogP contribution is 2.40. The topological polar surface area (TPSA) is 71.2 Å². The highest BCUT2D eigenvalue weighted by Gasteiger charge is 2.38. The molecule has 0 saturated carbocycles. The lowest BCUT2D eigenvalue weighted by molar-refractivity contribution is 0.0980. The van der Waals surface area contributed by atoms with Gasteiger partial charge in [-0.1, -0.05) is 18.2 Å². The third kappa shape index (κ3) is 2.05. The maximum Gasteiger partial charge on any atom is 0.259 e. The minimum absolute atomic E-state index is 0.00898. The van der Waals surface area contributed by atoms with Crippen LogP contribution in [0.5, 0.6) is 0 Å². The molecule has 0 spiro atoms. The predicted octanol–water partition coefficient (Wildman–Crippen LogP) is 1.63. The van der Waals surface area contributed by atoms with E-state index in [-0.39, 0.29) is 5.91 Å².